The van der Waals surface area contributed by atoms with E-state index in [2.05, 4.69) is 5.32 Å². The highest BCUT2D eigenvalue weighted by atomic mass is 32.2. The number of aliphatic hydroxyl groups is 1. The van der Waals surface area contributed by atoms with Crippen molar-refractivity contribution in [1.82, 2.24) is 5.32 Å². The Labute approximate surface area is 107 Å². The number of rotatable bonds is 6. The normalized spacial score (nSPS) is 16.4. The molecule has 0 aliphatic carbocycles. The Kier molecular flexibility index (Phi) is 5.49. The molecule has 0 heterocycles. The predicted octanol–water partition coefficient (Wildman–Crippen LogP) is 0.0398. The van der Waals surface area contributed by atoms with Crippen LogP contribution in [0.5, 0.6) is 0 Å². The summed E-state index contributed by atoms with van der Waals surface area (Å²) in [5, 5.41) is 12.3. The fourth-order valence-corrected chi connectivity index (χ4v) is 2.15. The van der Waals surface area contributed by atoms with Crippen molar-refractivity contribution in [3.05, 3.63) is 0 Å². The summed E-state index contributed by atoms with van der Waals surface area (Å²) in [6, 6.07) is 0. The third-order valence-electron chi connectivity index (χ3n) is 2.56. The van der Waals surface area contributed by atoms with Crippen molar-refractivity contribution in [2.75, 3.05) is 24.8 Å². The van der Waals surface area contributed by atoms with Crippen LogP contribution in [0.2, 0.25) is 0 Å². The second-order valence-electron chi connectivity index (χ2n) is 4.90. The van der Waals surface area contributed by atoms with Gasteiger partial charge >= 0.3 is 0 Å². The maximum Gasteiger partial charge on any atom is 0.240 e. The third-order valence-corrected chi connectivity index (χ3v) is 5.51. The molecule has 0 saturated carbocycles. The summed E-state index contributed by atoms with van der Waals surface area (Å²) in [6.07, 6.45) is 2.86. The first-order valence-corrected chi connectivity index (χ1v) is 8.42. The molecule has 0 aliphatic rings. The molecule has 0 radical (unpaired) electrons. The quantitative estimate of drug-likeness (QED) is 0.719. The SMILES string of the molecule is CSCC(C)(O)CNC(=O)C(C)(C)S(C)(=O)=O. The number of sulfone groups is 1. The van der Waals surface area contributed by atoms with Gasteiger partial charge in [-0.15, -0.1) is 0 Å². The topological polar surface area (TPSA) is 83.5 Å². The van der Waals surface area contributed by atoms with Gasteiger partial charge in [-0.3, -0.25) is 4.79 Å². The van der Waals surface area contributed by atoms with Gasteiger partial charge in [0, 0.05) is 18.6 Å². The molecule has 1 amide bonds. The lowest BCUT2D eigenvalue weighted by Gasteiger charge is -2.26. The summed E-state index contributed by atoms with van der Waals surface area (Å²) in [6.45, 7) is 4.32. The molecule has 5 nitrogen and oxygen atoms in total. The first-order chi connectivity index (χ1) is 7.44. The standard InChI is InChI=1S/C10H21NO4S2/c1-9(2,17(5,14)15)8(12)11-6-10(3,13)7-16-4/h13H,6-7H2,1-5H3,(H,11,12). The van der Waals surface area contributed by atoms with Gasteiger partial charge in [-0.1, -0.05) is 0 Å². The lowest BCUT2D eigenvalue weighted by molar-refractivity contribution is -0.123. The molecule has 0 rings (SSSR count). The molecule has 0 fully saturated rings. The molecule has 2 N–H and O–H groups in total. The van der Waals surface area contributed by atoms with Crippen LogP contribution in [0, 0.1) is 0 Å². The summed E-state index contributed by atoms with van der Waals surface area (Å²) in [5.41, 5.74) is -1.04. The third kappa shape index (κ3) is 4.85. The van der Waals surface area contributed by atoms with E-state index in [0.29, 0.717) is 5.75 Å². The van der Waals surface area contributed by atoms with Crippen LogP contribution in [-0.4, -0.2) is 54.6 Å². The van der Waals surface area contributed by atoms with Crippen molar-refractivity contribution < 1.29 is 18.3 Å². The monoisotopic (exact) mass is 283 g/mol. The van der Waals surface area contributed by atoms with Crippen LogP contribution in [-0.2, 0) is 14.6 Å². The molecule has 0 bridgehead atoms. The van der Waals surface area contributed by atoms with E-state index in [1.807, 2.05) is 6.26 Å². The molecule has 0 aliphatic heterocycles. The number of nitrogens with one attached hydrogen (secondary N) is 1. The van der Waals surface area contributed by atoms with Crippen LogP contribution in [0.4, 0.5) is 0 Å². The van der Waals surface area contributed by atoms with E-state index in [1.54, 1.807) is 6.92 Å². The summed E-state index contributed by atoms with van der Waals surface area (Å²) < 4.78 is 21.4. The fraction of sp³-hybridized carbons (Fsp3) is 0.900. The number of hydrogen-bond donors (Lipinski definition) is 2. The maximum absolute atomic E-state index is 11.8. The van der Waals surface area contributed by atoms with E-state index in [1.165, 1.54) is 25.6 Å². The van der Waals surface area contributed by atoms with E-state index < -0.39 is 26.1 Å². The number of amides is 1. The minimum Gasteiger partial charge on any atom is -0.387 e. The van der Waals surface area contributed by atoms with Crippen LogP contribution in [0.25, 0.3) is 0 Å². The Hall–Kier alpha value is -0.270. The largest absolute Gasteiger partial charge is 0.387 e. The smallest absolute Gasteiger partial charge is 0.240 e. The van der Waals surface area contributed by atoms with Crippen LogP contribution < -0.4 is 5.32 Å². The Morgan fingerprint density at radius 1 is 1.35 bits per heavy atom. The Morgan fingerprint density at radius 2 is 1.82 bits per heavy atom. The Balaban J connectivity index is 4.59. The maximum atomic E-state index is 11.8. The minimum absolute atomic E-state index is 0.0334. The predicted molar refractivity (Wildman–Crippen MR) is 70.9 cm³/mol. The lowest BCUT2D eigenvalue weighted by atomic mass is 10.1. The zero-order valence-electron chi connectivity index (χ0n) is 10.9. The molecule has 7 heteroatoms. The Morgan fingerprint density at radius 3 is 2.18 bits per heavy atom. The fourth-order valence-electron chi connectivity index (χ4n) is 1.01. The number of thioether (sulfide) groups is 1. The van der Waals surface area contributed by atoms with Gasteiger partial charge in [-0.2, -0.15) is 11.8 Å². The van der Waals surface area contributed by atoms with E-state index in [9.17, 15) is 18.3 Å². The van der Waals surface area contributed by atoms with Crippen molar-refractivity contribution in [1.29, 1.82) is 0 Å². The van der Waals surface area contributed by atoms with Crippen molar-refractivity contribution in [3.63, 3.8) is 0 Å². The summed E-state index contributed by atoms with van der Waals surface area (Å²) in [7, 11) is -3.48. The van der Waals surface area contributed by atoms with Gasteiger partial charge in [0.2, 0.25) is 5.91 Å². The molecular weight excluding hydrogens is 262 g/mol. The van der Waals surface area contributed by atoms with Crippen molar-refractivity contribution in [3.8, 4) is 0 Å². The van der Waals surface area contributed by atoms with Gasteiger partial charge in [0.25, 0.3) is 0 Å². The van der Waals surface area contributed by atoms with Crippen LogP contribution in [0.1, 0.15) is 20.8 Å². The summed E-state index contributed by atoms with van der Waals surface area (Å²) >= 11 is 1.45. The van der Waals surface area contributed by atoms with E-state index in [4.69, 9.17) is 0 Å². The zero-order chi connectivity index (χ0) is 13.9. The summed E-state index contributed by atoms with van der Waals surface area (Å²) in [4.78, 5) is 11.8. The zero-order valence-corrected chi connectivity index (χ0v) is 12.5. The molecular formula is C10H21NO4S2. The minimum atomic E-state index is -3.48. The van der Waals surface area contributed by atoms with Gasteiger partial charge < -0.3 is 10.4 Å². The van der Waals surface area contributed by atoms with Gasteiger partial charge in [-0.05, 0) is 27.0 Å². The number of hydrogen-bond acceptors (Lipinski definition) is 5. The highest BCUT2D eigenvalue weighted by Gasteiger charge is 2.39. The molecule has 0 aromatic carbocycles. The van der Waals surface area contributed by atoms with Crippen LogP contribution >= 0.6 is 11.8 Å². The molecule has 0 aromatic rings. The Bertz CT molecular complexity index is 374. The molecule has 0 spiro atoms. The molecule has 102 valence electrons. The lowest BCUT2D eigenvalue weighted by Crippen LogP contribution is -2.52. The molecule has 17 heavy (non-hydrogen) atoms. The first kappa shape index (κ1) is 16.7. The van der Waals surface area contributed by atoms with E-state index in [-0.39, 0.29) is 6.54 Å². The van der Waals surface area contributed by atoms with Crippen molar-refractivity contribution >= 4 is 27.5 Å². The number of carbonyl (C=O) groups excluding carboxylic acids is 1. The highest BCUT2D eigenvalue weighted by Crippen LogP contribution is 2.16. The van der Waals surface area contributed by atoms with Gasteiger partial charge in [-0.25, -0.2) is 8.42 Å². The average Bonchev–Trinajstić information content (AvgIpc) is 2.12. The van der Waals surface area contributed by atoms with Gasteiger partial charge in [0.05, 0.1) is 5.60 Å². The van der Waals surface area contributed by atoms with Gasteiger partial charge in [0.1, 0.15) is 4.75 Å². The average molecular weight is 283 g/mol. The summed E-state index contributed by atoms with van der Waals surface area (Å²) in [5.74, 6) is -0.131. The van der Waals surface area contributed by atoms with E-state index >= 15 is 0 Å². The van der Waals surface area contributed by atoms with Crippen LogP contribution in [0.15, 0.2) is 0 Å². The van der Waals surface area contributed by atoms with Crippen molar-refractivity contribution in [2.24, 2.45) is 0 Å². The molecule has 0 saturated heterocycles. The molecule has 0 aromatic heterocycles. The van der Waals surface area contributed by atoms with Crippen molar-refractivity contribution in [2.45, 2.75) is 31.1 Å². The second-order valence-corrected chi connectivity index (χ2v) is 8.33. The molecule has 1 atom stereocenters. The second kappa shape index (κ2) is 5.58. The first-order valence-electron chi connectivity index (χ1n) is 5.13. The van der Waals surface area contributed by atoms with Crippen LogP contribution in [0.3, 0.4) is 0 Å². The highest BCUT2D eigenvalue weighted by molar-refractivity contribution is 7.98. The number of carbonyl (C=O) groups is 1. The molecule has 1 unspecified atom stereocenters. The van der Waals surface area contributed by atoms with Gasteiger partial charge in [0.15, 0.2) is 9.84 Å². The van der Waals surface area contributed by atoms with E-state index in [0.717, 1.165) is 6.26 Å².